The summed E-state index contributed by atoms with van der Waals surface area (Å²) >= 11 is 0. The highest BCUT2D eigenvalue weighted by molar-refractivity contribution is 5.42. The highest BCUT2D eigenvalue weighted by atomic mass is 15.1. The molecule has 1 fully saturated rings. The molecule has 2 atom stereocenters. The molecule has 1 aliphatic rings. The van der Waals surface area contributed by atoms with Crippen LogP contribution in [0.2, 0.25) is 0 Å². The Hall–Kier alpha value is -1.36. The number of hydrogen-bond acceptors (Lipinski definition) is 5. The largest absolute Gasteiger partial charge is 0.369 e. The van der Waals surface area contributed by atoms with Crippen LogP contribution in [-0.2, 0) is 0 Å². The van der Waals surface area contributed by atoms with Crippen LogP contribution >= 0.6 is 0 Å². The number of likely N-dealkylation sites (tertiary alicyclic amines) is 1. The number of nitrogens with zero attached hydrogens (tertiary/aromatic N) is 3. The zero-order chi connectivity index (χ0) is 13.7. The maximum atomic E-state index is 4.56. The van der Waals surface area contributed by atoms with Crippen LogP contribution in [0.15, 0.2) is 12.4 Å². The summed E-state index contributed by atoms with van der Waals surface area (Å²) in [7, 11) is 2.18. The number of hydrogen-bond donors (Lipinski definition) is 2. The van der Waals surface area contributed by atoms with Crippen LogP contribution in [0, 0.1) is 5.92 Å². The molecule has 1 saturated heterocycles. The van der Waals surface area contributed by atoms with E-state index in [1.54, 1.807) is 6.20 Å². The van der Waals surface area contributed by atoms with Gasteiger partial charge >= 0.3 is 0 Å². The van der Waals surface area contributed by atoms with Gasteiger partial charge in [-0.1, -0.05) is 13.8 Å². The minimum atomic E-state index is 0.493. The first-order valence-electron chi connectivity index (χ1n) is 7.20. The lowest BCUT2D eigenvalue weighted by molar-refractivity contribution is 0.206. The van der Waals surface area contributed by atoms with E-state index in [1.165, 1.54) is 0 Å². The van der Waals surface area contributed by atoms with Gasteiger partial charge in [0.15, 0.2) is 0 Å². The summed E-state index contributed by atoms with van der Waals surface area (Å²) in [4.78, 5) is 11.2. The molecule has 0 aliphatic carbocycles. The molecule has 2 rings (SSSR count). The molecule has 0 amide bonds. The van der Waals surface area contributed by atoms with Crippen molar-refractivity contribution in [3.05, 3.63) is 12.4 Å². The Morgan fingerprint density at radius 1 is 1.37 bits per heavy atom. The predicted molar refractivity (Wildman–Crippen MR) is 79.5 cm³/mol. The number of rotatable bonds is 5. The van der Waals surface area contributed by atoms with Gasteiger partial charge in [0.05, 0.1) is 12.4 Å². The number of aromatic nitrogens is 2. The van der Waals surface area contributed by atoms with Gasteiger partial charge in [-0.25, -0.2) is 4.98 Å². The summed E-state index contributed by atoms with van der Waals surface area (Å²) in [6.45, 7) is 7.65. The quantitative estimate of drug-likeness (QED) is 0.851. The average Bonchev–Trinajstić information content (AvgIpc) is 2.40. The van der Waals surface area contributed by atoms with E-state index in [9.17, 15) is 0 Å². The van der Waals surface area contributed by atoms with Crippen molar-refractivity contribution in [1.29, 1.82) is 0 Å². The summed E-state index contributed by atoms with van der Waals surface area (Å²) in [5.41, 5.74) is 0. The Morgan fingerprint density at radius 3 is 2.89 bits per heavy atom. The van der Waals surface area contributed by atoms with Gasteiger partial charge in [0, 0.05) is 19.1 Å². The van der Waals surface area contributed by atoms with Gasteiger partial charge in [0.2, 0.25) is 0 Å². The number of anilines is 2. The van der Waals surface area contributed by atoms with Crippen molar-refractivity contribution in [2.75, 3.05) is 37.3 Å². The molecule has 0 aromatic carbocycles. The molecule has 5 nitrogen and oxygen atoms in total. The lowest BCUT2D eigenvalue weighted by atomic mass is 9.94. The summed E-state index contributed by atoms with van der Waals surface area (Å²) in [5, 5.41) is 6.80. The summed E-state index contributed by atoms with van der Waals surface area (Å²) in [6, 6.07) is 0.493. The third kappa shape index (κ3) is 4.06. The van der Waals surface area contributed by atoms with Crippen molar-refractivity contribution in [3.63, 3.8) is 0 Å². The lowest BCUT2D eigenvalue weighted by Crippen LogP contribution is -2.43. The van der Waals surface area contributed by atoms with E-state index in [-0.39, 0.29) is 0 Å². The van der Waals surface area contributed by atoms with Crippen molar-refractivity contribution in [1.82, 2.24) is 14.9 Å². The fourth-order valence-corrected chi connectivity index (χ4v) is 2.53. The molecule has 0 saturated carbocycles. The second kappa shape index (κ2) is 6.70. The molecule has 106 valence electrons. The Morgan fingerprint density at radius 2 is 2.16 bits per heavy atom. The minimum Gasteiger partial charge on any atom is -0.369 e. The monoisotopic (exact) mass is 263 g/mol. The van der Waals surface area contributed by atoms with Gasteiger partial charge in [0.1, 0.15) is 11.6 Å². The lowest BCUT2D eigenvalue weighted by Gasteiger charge is -2.35. The van der Waals surface area contributed by atoms with Gasteiger partial charge in [-0.05, 0) is 32.4 Å². The van der Waals surface area contributed by atoms with Crippen molar-refractivity contribution in [2.45, 2.75) is 32.7 Å². The molecule has 1 aliphatic heterocycles. The third-order valence-corrected chi connectivity index (χ3v) is 3.63. The smallest absolute Gasteiger partial charge is 0.147 e. The third-order valence-electron chi connectivity index (χ3n) is 3.63. The Bertz CT molecular complexity index is 395. The standard InChI is InChI=1S/C14H25N5/c1-4-6-16-13-8-15-9-14(18-13)17-12-5-7-19(3)10-11(12)2/h8-9,11-12H,4-7,10H2,1-3H3,(H2,16,17,18). The minimum absolute atomic E-state index is 0.493. The maximum Gasteiger partial charge on any atom is 0.147 e. The molecule has 19 heavy (non-hydrogen) atoms. The van der Waals surface area contributed by atoms with Gasteiger partial charge in [-0.2, -0.15) is 0 Å². The number of nitrogens with one attached hydrogen (secondary N) is 2. The Kier molecular flexibility index (Phi) is 4.96. The average molecular weight is 263 g/mol. The van der Waals surface area contributed by atoms with Crippen LogP contribution in [0.3, 0.4) is 0 Å². The van der Waals surface area contributed by atoms with Crippen molar-refractivity contribution in [3.8, 4) is 0 Å². The van der Waals surface area contributed by atoms with Gasteiger partial charge in [0.25, 0.3) is 0 Å². The number of piperidine rings is 1. The van der Waals surface area contributed by atoms with E-state index in [4.69, 9.17) is 0 Å². The van der Waals surface area contributed by atoms with Gasteiger partial charge in [-0.3, -0.25) is 4.98 Å². The van der Waals surface area contributed by atoms with E-state index in [0.717, 1.165) is 44.1 Å². The molecule has 0 radical (unpaired) electrons. The molecule has 1 aromatic heterocycles. The van der Waals surface area contributed by atoms with Crippen LogP contribution in [0.1, 0.15) is 26.7 Å². The van der Waals surface area contributed by atoms with Crippen LogP contribution in [0.5, 0.6) is 0 Å². The van der Waals surface area contributed by atoms with Crippen molar-refractivity contribution < 1.29 is 0 Å². The molecule has 2 N–H and O–H groups in total. The zero-order valence-corrected chi connectivity index (χ0v) is 12.2. The van der Waals surface area contributed by atoms with Crippen molar-refractivity contribution >= 4 is 11.6 Å². The molecule has 1 aromatic rings. The van der Waals surface area contributed by atoms with Crippen LogP contribution in [-0.4, -0.2) is 47.6 Å². The molecule has 0 bridgehead atoms. The van der Waals surface area contributed by atoms with Crippen molar-refractivity contribution in [2.24, 2.45) is 5.92 Å². The molecular weight excluding hydrogens is 238 g/mol. The normalized spacial score (nSPS) is 24.2. The van der Waals surface area contributed by atoms with E-state index in [0.29, 0.717) is 12.0 Å². The summed E-state index contributed by atoms with van der Waals surface area (Å²) in [5.74, 6) is 2.36. The molecule has 0 spiro atoms. The predicted octanol–water partition coefficient (Wildman–Crippen LogP) is 2.05. The second-order valence-corrected chi connectivity index (χ2v) is 5.50. The molecule has 5 heteroatoms. The van der Waals surface area contributed by atoms with E-state index < -0.39 is 0 Å². The second-order valence-electron chi connectivity index (χ2n) is 5.50. The Balaban J connectivity index is 1.94. The molecule has 2 heterocycles. The van der Waals surface area contributed by atoms with Crippen LogP contribution < -0.4 is 10.6 Å². The van der Waals surface area contributed by atoms with E-state index in [1.807, 2.05) is 6.20 Å². The zero-order valence-electron chi connectivity index (χ0n) is 12.2. The van der Waals surface area contributed by atoms with Gasteiger partial charge < -0.3 is 15.5 Å². The molecular formula is C14H25N5. The highest BCUT2D eigenvalue weighted by Gasteiger charge is 2.24. The van der Waals surface area contributed by atoms with Gasteiger partial charge in [-0.15, -0.1) is 0 Å². The topological polar surface area (TPSA) is 53.1 Å². The SMILES string of the molecule is CCCNc1cncc(NC2CCN(C)CC2C)n1. The fourth-order valence-electron chi connectivity index (χ4n) is 2.53. The first-order valence-corrected chi connectivity index (χ1v) is 7.20. The first-order chi connectivity index (χ1) is 9.19. The maximum absolute atomic E-state index is 4.56. The van der Waals surface area contributed by atoms with Crippen LogP contribution in [0.4, 0.5) is 11.6 Å². The Labute approximate surface area is 115 Å². The van der Waals surface area contributed by atoms with E-state index in [2.05, 4.69) is 46.4 Å². The fraction of sp³-hybridized carbons (Fsp3) is 0.714. The molecule has 2 unspecified atom stereocenters. The summed E-state index contributed by atoms with van der Waals surface area (Å²) < 4.78 is 0. The van der Waals surface area contributed by atoms with Crippen LogP contribution in [0.25, 0.3) is 0 Å². The van der Waals surface area contributed by atoms with E-state index >= 15 is 0 Å². The first kappa shape index (κ1) is 14.1. The highest BCUT2D eigenvalue weighted by Crippen LogP contribution is 2.19. The summed E-state index contributed by atoms with van der Waals surface area (Å²) in [6.07, 6.45) is 5.83.